The summed E-state index contributed by atoms with van der Waals surface area (Å²) in [7, 11) is 0. The molecule has 0 fully saturated rings. The number of carbonyl (C=O) groups excluding carboxylic acids is 1. The standard InChI is InChI=1S/C22H23FN2O2S/c1-4-9-24-21(27)11-16-14(3)25(19-12-18(23)20(26)10-17(16)19)22(28)15-7-5-13(2)6-8-15/h5-8,10,12,26H,4,9,11H2,1-3H3,(H,24,27). The van der Waals surface area contributed by atoms with Gasteiger partial charge in [-0.1, -0.05) is 49.0 Å². The Morgan fingerprint density at radius 2 is 1.89 bits per heavy atom. The number of hydrogen-bond acceptors (Lipinski definition) is 3. The van der Waals surface area contributed by atoms with E-state index in [1.807, 2.05) is 45.0 Å². The third-order valence-corrected chi connectivity index (χ3v) is 5.23. The van der Waals surface area contributed by atoms with Crippen molar-refractivity contribution in [3.05, 3.63) is 64.6 Å². The van der Waals surface area contributed by atoms with Crippen molar-refractivity contribution in [2.45, 2.75) is 33.6 Å². The van der Waals surface area contributed by atoms with Gasteiger partial charge in [0, 0.05) is 29.3 Å². The van der Waals surface area contributed by atoms with Crippen LogP contribution in [0.4, 0.5) is 4.39 Å². The maximum absolute atomic E-state index is 14.1. The molecule has 3 aromatic rings. The molecule has 0 saturated carbocycles. The van der Waals surface area contributed by atoms with Gasteiger partial charge in [-0.05, 0) is 31.9 Å². The second-order valence-electron chi connectivity index (χ2n) is 6.92. The van der Waals surface area contributed by atoms with E-state index in [2.05, 4.69) is 5.32 Å². The lowest BCUT2D eigenvalue weighted by Crippen LogP contribution is -2.26. The molecule has 0 saturated heterocycles. The smallest absolute Gasteiger partial charge is 0.224 e. The van der Waals surface area contributed by atoms with E-state index in [1.165, 1.54) is 12.1 Å². The largest absolute Gasteiger partial charge is 0.505 e. The molecule has 146 valence electrons. The number of aromatic hydroxyl groups is 1. The number of hydrogen-bond donors (Lipinski definition) is 2. The monoisotopic (exact) mass is 398 g/mol. The van der Waals surface area contributed by atoms with Crippen molar-refractivity contribution in [2.75, 3.05) is 6.54 Å². The number of phenolic OH excluding ortho intramolecular Hbond substituents is 1. The van der Waals surface area contributed by atoms with Crippen LogP contribution in [-0.2, 0) is 11.2 Å². The fourth-order valence-corrected chi connectivity index (χ4v) is 3.66. The van der Waals surface area contributed by atoms with Gasteiger partial charge in [0.05, 0.1) is 11.9 Å². The van der Waals surface area contributed by atoms with Crippen molar-refractivity contribution in [1.29, 1.82) is 0 Å². The summed E-state index contributed by atoms with van der Waals surface area (Å²) in [5.41, 5.74) is 3.98. The summed E-state index contributed by atoms with van der Waals surface area (Å²) in [5.74, 6) is -1.28. The fraction of sp³-hybridized carbons (Fsp3) is 0.273. The highest BCUT2D eigenvalue weighted by Crippen LogP contribution is 2.32. The number of fused-ring (bicyclic) bond motifs is 1. The lowest BCUT2D eigenvalue weighted by Gasteiger charge is -2.11. The van der Waals surface area contributed by atoms with Crippen molar-refractivity contribution in [3.8, 4) is 5.75 Å². The third-order valence-electron chi connectivity index (χ3n) is 4.81. The minimum absolute atomic E-state index is 0.117. The molecule has 3 rings (SSSR count). The number of aryl methyl sites for hydroxylation is 1. The Morgan fingerprint density at radius 1 is 1.21 bits per heavy atom. The normalized spacial score (nSPS) is 11.0. The Kier molecular flexibility index (Phi) is 5.79. The molecule has 0 aliphatic rings. The number of halogens is 1. The van der Waals surface area contributed by atoms with Crippen molar-refractivity contribution >= 4 is 34.0 Å². The van der Waals surface area contributed by atoms with E-state index in [0.717, 1.165) is 28.8 Å². The quantitative estimate of drug-likeness (QED) is 0.627. The van der Waals surface area contributed by atoms with E-state index in [-0.39, 0.29) is 12.3 Å². The molecule has 0 aliphatic heterocycles. The Labute approximate surface area is 169 Å². The van der Waals surface area contributed by atoms with E-state index >= 15 is 0 Å². The Bertz CT molecular complexity index is 1050. The van der Waals surface area contributed by atoms with E-state index in [4.69, 9.17) is 12.2 Å². The topological polar surface area (TPSA) is 54.3 Å². The minimum Gasteiger partial charge on any atom is -0.505 e. The number of thiocarbonyl (C=S) groups is 1. The Morgan fingerprint density at radius 3 is 2.54 bits per heavy atom. The fourth-order valence-electron chi connectivity index (χ4n) is 3.29. The molecule has 0 atom stereocenters. The molecule has 0 spiro atoms. The van der Waals surface area contributed by atoms with Crippen molar-refractivity contribution in [1.82, 2.24) is 9.88 Å². The van der Waals surface area contributed by atoms with Gasteiger partial charge in [0.2, 0.25) is 5.91 Å². The first-order valence-corrected chi connectivity index (χ1v) is 9.64. The van der Waals surface area contributed by atoms with Crippen molar-refractivity contribution < 1.29 is 14.3 Å². The molecule has 28 heavy (non-hydrogen) atoms. The van der Waals surface area contributed by atoms with Gasteiger partial charge >= 0.3 is 0 Å². The van der Waals surface area contributed by atoms with Crippen molar-refractivity contribution in [2.24, 2.45) is 0 Å². The number of rotatable bonds is 5. The number of phenols is 1. The van der Waals surface area contributed by atoms with Crippen LogP contribution in [0, 0.1) is 19.7 Å². The summed E-state index contributed by atoms with van der Waals surface area (Å²) in [6, 6.07) is 10.4. The number of nitrogens with zero attached hydrogens (tertiary/aromatic N) is 1. The first-order chi connectivity index (χ1) is 13.3. The van der Waals surface area contributed by atoms with E-state index in [0.29, 0.717) is 22.4 Å². The Hall–Kier alpha value is -2.73. The van der Waals surface area contributed by atoms with Gasteiger partial charge in [-0.15, -0.1) is 0 Å². The van der Waals surface area contributed by atoms with E-state index in [1.54, 1.807) is 4.57 Å². The molecule has 0 unspecified atom stereocenters. The lowest BCUT2D eigenvalue weighted by molar-refractivity contribution is -0.120. The summed E-state index contributed by atoms with van der Waals surface area (Å²) in [5, 5.41) is 13.4. The predicted octanol–water partition coefficient (Wildman–Crippen LogP) is 4.40. The Balaban J connectivity index is 2.15. The maximum Gasteiger partial charge on any atom is 0.224 e. The van der Waals surface area contributed by atoms with Gasteiger partial charge < -0.3 is 15.0 Å². The van der Waals surface area contributed by atoms with Crippen molar-refractivity contribution in [3.63, 3.8) is 0 Å². The second kappa shape index (κ2) is 8.10. The SMILES string of the molecule is CCCNC(=O)Cc1c(C)n(C(=S)c2ccc(C)cc2)c2cc(F)c(O)cc12. The molecule has 1 aromatic heterocycles. The molecule has 0 radical (unpaired) electrons. The molecule has 2 N–H and O–H groups in total. The van der Waals surface area contributed by atoms with Gasteiger partial charge in [-0.2, -0.15) is 0 Å². The first-order valence-electron chi connectivity index (χ1n) is 9.24. The zero-order chi connectivity index (χ0) is 20.4. The van der Waals surface area contributed by atoms with Crippen LogP contribution >= 0.6 is 12.2 Å². The molecule has 1 amide bonds. The second-order valence-corrected chi connectivity index (χ2v) is 7.30. The van der Waals surface area contributed by atoms with Gasteiger partial charge in [0.1, 0.15) is 4.99 Å². The zero-order valence-electron chi connectivity index (χ0n) is 16.2. The van der Waals surface area contributed by atoms with Crippen LogP contribution in [0.5, 0.6) is 5.75 Å². The summed E-state index contributed by atoms with van der Waals surface area (Å²) < 4.78 is 15.9. The highest BCUT2D eigenvalue weighted by atomic mass is 32.1. The summed E-state index contributed by atoms with van der Waals surface area (Å²) in [4.78, 5) is 12.8. The van der Waals surface area contributed by atoms with Crippen LogP contribution in [0.2, 0.25) is 0 Å². The highest BCUT2D eigenvalue weighted by Gasteiger charge is 2.21. The van der Waals surface area contributed by atoms with E-state index < -0.39 is 11.6 Å². The summed E-state index contributed by atoms with van der Waals surface area (Å²) >= 11 is 5.70. The predicted molar refractivity (Wildman–Crippen MR) is 114 cm³/mol. The lowest BCUT2D eigenvalue weighted by atomic mass is 10.1. The number of carbonyl (C=O) groups is 1. The molecule has 1 heterocycles. The molecule has 4 nitrogen and oxygen atoms in total. The van der Waals surface area contributed by atoms with Gasteiger partial charge in [-0.3, -0.25) is 4.79 Å². The van der Waals surface area contributed by atoms with Gasteiger partial charge in [-0.25, -0.2) is 4.39 Å². The molecular weight excluding hydrogens is 375 g/mol. The van der Waals surface area contributed by atoms with Gasteiger partial charge in [0.15, 0.2) is 11.6 Å². The minimum atomic E-state index is -0.722. The average Bonchev–Trinajstić information content (AvgIpc) is 2.91. The average molecular weight is 399 g/mol. The number of benzene rings is 2. The van der Waals surface area contributed by atoms with Gasteiger partial charge in [0.25, 0.3) is 0 Å². The molecule has 0 bridgehead atoms. The maximum atomic E-state index is 14.1. The molecular formula is C22H23FN2O2S. The van der Waals surface area contributed by atoms with E-state index in [9.17, 15) is 14.3 Å². The van der Waals surface area contributed by atoms with Crippen LogP contribution in [-0.4, -0.2) is 27.1 Å². The third kappa shape index (κ3) is 3.78. The molecule has 0 aliphatic carbocycles. The van der Waals surface area contributed by atoms with Crippen LogP contribution < -0.4 is 5.32 Å². The zero-order valence-corrected chi connectivity index (χ0v) is 17.0. The summed E-state index contributed by atoms with van der Waals surface area (Å²) in [6.45, 7) is 6.43. The number of amides is 1. The van der Waals surface area contributed by atoms with Crippen LogP contribution in [0.3, 0.4) is 0 Å². The van der Waals surface area contributed by atoms with Crippen LogP contribution in [0.25, 0.3) is 10.9 Å². The highest BCUT2D eigenvalue weighted by molar-refractivity contribution is 7.80. The number of nitrogens with one attached hydrogen (secondary N) is 1. The molecule has 2 aromatic carbocycles. The summed E-state index contributed by atoms with van der Waals surface area (Å²) in [6.07, 6.45) is 0.979. The molecule has 6 heteroatoms. The van der Waals surface area contributed by atoms with Crippen LogP contribution in [0.1, 0.15) is 35.7 Å². The van der Waals surface area contributed by atoms with Crippen LogP contribution in [0.15, 0.2) is 36.4 Å². The first kappa shape index (κ1) is 20.0. The number of aromatic nitrogens is 1.